The predicted molar refractivity (Wildman–Crippen MR) is 177 cm³/mol. The van der Waals surface area contributed by atoms with E-state index in [1.807, 2.05) is 43.9 Å². The molecule has 0 radical (unpaired) electrons. The lowest BCUT2D eigenvalue weighted by Crippen LogP contribution is -2.53. The van der Waals surface area contributed by atoms with Crippen LogP contribution in [0, 0.1) is 5.41 Å². The normalized spacial score (nSPS) is 18.7. The smallest absolute Gasteiger partial charge is 0.410 e. The van der Waals surface area contributed by atoms with Crippen LogP contribution in [0.2, 0.25) is 0 Å². The topological polar surface area (TPSA) is 89.3 Å². The van der Waals surface area contributed by atoms with Crippen molar-refractivity contribution >= 4 is 22.7 Å². The van der Waals surface area contributed by atoms with Gasteiger partial charge in [-0.05, 0) is 108 Å². The van der Waals surface area contributed by atoms with E-state index >= 15 is 0 Å². The summed E-state index contributed by atoms with van der Waals surface area (Å²) in [5.74, 6) is 3.14. The minimum atomic E-state index is -0.472. The van der Waals surface area contributed by atoms with Gasteiger partial charge in [-0.3, -0.25) is 0 Å². The lowest BCUT2D eigenvalue weighted by atomic mass is 9.60. The highest BCUT2D eigenvalue weighted by atomic mass is 16.6. The number of amides is 1. The number of nitrogens with zero attached hydrogens (tertiary/aromatic N) is 3. The second-order valence-electron chi connectivity index (χ2n) is 14.2. The van der Waals surface area contributed by atoms with Crippen molar-refractivity contribution in [3.63, 3.8) is 0 Å². The molecule has 244 valence electrons. The molecule has 1 saturated carbocycles. The minimum Gasteiger partial charge on any atom is -0.493 e. The van der Waals surface area contributed by atoms with E-state index in [1.54, 1.807) is 7.11 Å². The van der Waals surface area contributed by atoms with Gasteiger partial charge < -0.3 is 33.7 Å². The van der Waals surface area contributed by atoms with Crippen molar-refractivity contribution < 1.29 is 23.4 Å². The number of nitrogens with one attached hydrogen (secondary N) is 1. The van der Waals surface area contributed by atoms with Gasteiger partial charge in [-0.1, -0.05) is 6.92 Å². The van der Waals surface area contributed by atoms with Crippen LogP contribution in [0.25, 0.3) is 22.4 Å². The van der Waals surface area contributed by atoms with Crippen LogP contribution in [0.5, 0.6) is 11.5 Å². The number of benzene rings is 1. The molecule has 0 atom stereocenters. The maximum absolute atomic E-state index is 12.6. The first-order valence-corrected chi connectivity index (χ1v) is 16.9. The highest BCUT2D eigenvalue weighted by Gasteiger charge is 2.47. The Morgan fingerprint density at radius 2 is 1.82 bits per heavy atom. The predicted octanol–water partition coefficient (Wildman–Crippen LogP) is 7.52. The maximum Gasteiger partial charge on any atom is 0.410 e. The molecule has 9 nitrogen and oxygen atoms in total. The number of likely N-dealkylation sites (tertiary alicyclic amines) is 2. The molecule has 2 aromatic heterocycles. The molecular formula is C36H50N4O5. The van der Waals surface area contributed by atoms with Gasteiger partial charge in [-0.2, -0.15) is 0 Å². The number of methoxy groups -OCH3 is 1. The van der Waals surface area contributed by atoms with Gasteiger partial charge >= 0.3 is 6.09 Å². The monoisotopic (exact) mass is 618 g/mol. The van der Waals surface area contributed by atoms with Gasteiger partial charge in [0.1, 0.15) is 17.1 Å². The average molecular weight is 619 g/mol. The molecule has 1 aliphatic carbocycles. The van der Waals surface area contributed by atoms with Crippen molar-refractivity contribution in [2.24, 2.45) is 5.41 Å². The van der Waals surface area contributed by atoms with E-state index in [0.717, 1.165) is 97.7 Å². The molecule has 1 amide bonds. The van der Waals surface area contributed by atoms with Gasteiger partial charge in [0.2, 0.25) is 0 Å². The second kappa shape index (κ2) is 13.1. The molecule has 0 bridgehead atoms. The number of ether oxygens (including phenoxy) is 3. The van der Waals surface area contributed by atoms with E-state index < -0.39 is 5.60 Å². The molecule has 9 heteroatoms. The van der Waals surface area contributed by atoms with Gasteiger partial charge in [-0.15, -0.1) is 0 Å². The minimum absolute atomic E-state index is 0.199. The molecule has 2 aliphatic heterocycles. The van der Waals surface area contributed by atoms with Gasteiger partial charge in [0.05, 0.1) is 19.2 Å². The summed E-state index contributed by atoms with van der Waals surface area (Å²) >= 11 is 0. The maximum atomic E-state index is 12.6. The molecule has 1 N–H and O–H groups in total. The fraction of sp³-hybridized carbons (Fsp3) is 0.611. The van der Waals surface area contributed by atoms with E-state index in [4.69, 9.17) is 23.6 Å². The first kappa shape index (κ1) is 31.5. The zero-order valence-electron chi connectivity index (χ0n) is 27.7. The summed E-state index contributed by atoms with van der Waals surface area (Å²) in [7, 11) is 1.70. The van der Waals surface area contributed by atoms with E-state index in [-0.39, 0.29) is 11.5 Å². The van der Waals surface area contributed by atoms with Crippen LogP contribution in [0.3, 0.4) is 0 Å². The number of furan rings is 1. The molecule has 3 aromatic rings. The van der Waals surface area contributed by atoms with Crippen molar-refractivity contribution in [3.8, 4) is 23.0 Å². The van der Waals surface area contributed by atoms with Crippen LogP contribution in [-0.4, -0.2) is 79.0 Å². The Labute approximate surface area is 267 Å². The molecular weight excluding hydrogens is 568 g/mol. The van der Waals surface area contributed by atoms with E-state index in [2.05, 4.69) is 29.3 Å². The van der Waals surface area contributed by atoms with Crippen LogP contribution in [-0.2, 0) is 11.2 Å². The third-order valence-corrected chi connectivity index (χ3v) is 9.63. The van der Waals surface area contributed by atoms with Crippen molar-refractivity contribution in [3.05, 3.63) is 36.1 Å². The second-order valence-corrected chi connectivity index (χ2v) is 14.2. The Hall–Kier alpha value is -3.46. The first-order valence-electron chi connectivity index (χ1n) is 16.9. The van der Waals surface area contributed by atoms with Gasteiger partial charge in [0.25, 0.3) is 0 Å². The third kappa shape index (κ3) is 7.35. The lowest BCUT2D eigenvalue weighted by molar-refractivity contribution is -0.00858. The molecule has 3 fully saturated rings. The van der Waals surface area contributed by atoms with E-state index in [1.165, 1.54) is 25.9 Å². The highest BCUT2D eigenvalue weighted by Crippen LogP contribution is 2.51. The lowest BCUT2D eigenvalue weighted by Gasteiger charge is -2.52. The number of hydrogen-bond donors (Lipinski definition) is 1. The van der Waals surface area contributed by atoms with Crippen LogP contribution in [0.4, 0.5) is 10.5 Å². The summed E-state index contributed by atoms with van der Waals surface area (Å²) in [5.41, 5.74) is 2.47. The fourth-order valence-electron chi connectivity index (χ4n) is 7.14. The fourth-order valence-corrected chi connectivity index (χ4v) is 7.14. The highest BCUT2D eigenvalue weighted by molar-refractivity contribution is 5.96. The number of aromatic nitrogens is 1. The molecule has 6 rings (SSSR count). The molecule has 1 spiro atoms. The number of anilines is 1. The summed E-state index contributed by atoms with van der Waals surface area (Å²) in [6, 6.07) is 10.5. The molecule has 2 saturated heterocycles. The summed E-state index contributed by atoms with van der Waals surface area (Å²) in [6.07, 6.45) is 8.37. The molecule has 45 heavy (non-hydrogen) atoms. The Morgan fingerprint density at radius 1 is 1.07 bits per heavy atom. The Balaban J connectivity index is 1.18. The standard InChI is InChI=1S/C36H50N4O5/c1-6-26-10-11-31(44-26)30-21-28(37-25-23-36(24-25)12-17-40(18-13-36)34(41)45-35(2,3)4)27-20-32(42-5)33(22-29(27)38-30)43-19-9-16-39-14-7-8-15-39/h10-11,20-22,25H,6-9,12-19,23-24H2,1-5H3,(H,37,38). The largest absolute Gasteiger partial charge is 0.493 e. The zero-order valence-corrected chi connectivity index (χ0v) is 27.7. The van der Waals surface area contributed by atoms with Crippen LogP contribution in [0.1, 0.15) is 78.4 Å². The Bertz CT molecular complexity index is 1470. The van der Waals surface area contributed by atoms with Crippen molar-refractivity contribution in [1.29, 1.82) is 0 Å². The Kier molecular flexibility index (Phi) is 9.18. The third-order valence-electron chi connectivity index (χ3n) is 9.63. The Morgan fingerprint density at radius 3 is 2.49 bits per heavy atom. The summed E-state index contributed by atoms with van der Waals surface area (Å²) in [5, 5.41) is 4.86. The summed E-state index contributed by atoms with van der Waals surface area (Å²) < 4.78 is 23.8. The number of pyridine rings is 1. The molecule has 1 aromatic carbocycles. The van der Waals surface area contributed by atoms with Gasteiger partial charge in [0, 0.05) is 49.2 Å². The summed E-state index contributed by atoms with van der Waals surface area (Å²) in [6.45, 7) is 13.4. The molecule has 0 unspecified atom stereocenters. The number of hydrogen-bond acceptors (Lipinski definition) is 8. The SMILES string of the molecule is CCc1ccc(-c2cc(NC3CC4(CCN(C(=O)OC(C)(C)C)CC4)C3)c3cc(OC)c(OCCCN4CCCC4)cc3n2)o1. The number of carbonyl (C=O) groups excluding carboxylic acids is 1. The van der Waals surface area contributed by atoms with E-state index in [9.17, 15) is 4.79 Å². The van der Waals surface area contributed by atoms with Crippen LogP contribution < -0.4 is 14.8 Å². The zero-order chi connectivity index (χ0) is 31.6. The van der Waals surface area contributed by atoms with Crippen molar-refractivity contribution in [1.82, 2.24) is 14.8 Å². The number of fused-ring (bicyclic) bond motifs is 1. The van der Waals surface area contributed by atoms with Gasteiger partial charge in [0.15, 0.2) is 17.3 Å². The quantitative estimate of drug-likeness (QED) is 0.233. The van der Waals surface area contributed by atoms with E-state index in [0.29, 0.717) is 18.4 Å². The number of rotatable bonds is 10. The number of piperidine rings is 1. The average Bonchev–Trinajstić information content (AvgIpc) is 3.70. The van der Waals surface area contributed by atoms with Crippen LogP contribution in [0.15, 0.2) is 34.7 Å². The first-order chi connectivity index (χ1) is 21.6. The van der Waals surface area contributed by atoms with Crippen molar-refractivity contribution in [2.75, 3.05) is 51.8 Å². The van der Waals surface area contributed by atoms with Gasteiger partial charge in [-0.25, -0.2) is 9.78 Å². The van der Waals surface area contributed by atoms with Crippen LogP contribution >= 0.6 is 0 Å². The number of carbonyl (C=O) groups is 1. The molecule has 4 heterocycles. The molecule has 3 aliphatic rings. The summed E-state index contributed by atoms with van der Waals surface area (Å²) in [4.78, 5) is 22.0. The number of aryl methyl sites for hydroxylation is 1. The van der Waals surface area contributed by atoms with Crippen molar-refractivity contribution in [2.45, 2.75) is 90.7 Å².